The summed E-state index contributed by atoms with van der Waals surface area (Å²) in [5, 5.41) is 9.22. The van der Waals surface area contributed by atoms with E-state index in [-0.39, 0.29) is 5.91 Å². The van der Waals surface area contributed by atoms with Gasteiger partial charge in [-0.25, -0.2) is 0 Å². The van der Waals surface area contributed by atoms with Gasteiger partial charge in [0.25, 0.3) is 5.91 Å². The molecule has 0 bridgehead atoms. The van der Waals surface area contributed by atoms with Crippen LogP contribution in [0.5, 0.6) is 0 Å². The third-order valence-electron chi connectivity index (χ3n) is 3.51. The summed E-state index contributed by atoms with van der Waals surface area (Å²) in [6, 6.07) is 0. The molecule has 9 heteroatoms. The molecule has 0 spiro atoms. The summed E-state index contributed by atoms with van der Waals surface area (Å²) in [7, 11) is -1.22. The predicted molar refractivity (Wildman–Crippen MR) is 82.3 cm³/mol. The first-order valence-corrected chi connectivity index (χ1v) is 11.3. The number of rotatable bonds is 5. The van der Waals surface area contributed by atoms with Gasteiger partial charge in [-0.3, -0.25) is 4.79 Å². The van der Waals surface area contributed by atoms with E-state index >= 15 is 0 Å². The molecule has 1 rings (SSSR count). The third kappa shape index (κ3) is 1.99. The molecule has 17 heavy (non-hydrogen) atoms. The van der Waals surface area contributed by atoms with Crippen LogP contribution in [0.4, 0.5) is 0 Å². The molecular weight excluding hydrogens is 316 g/mol. The van der Waals surface area contributed by atoms with E-state index in [0.717, 1.165) is 4.31 Å². The Balaban J connectivity index is 3.47. The molecule has 0 aromatic rings. The van der Waals surface area contributed by atoms with Crippen LogP contribution in [0.1, 0.15) is 26.7 Å². The Bertz CT molecular complexity index is 343. The number of aliphatic hydroxyl groups is 1. The molecule has 1 amide bonds. The molecule has 0 radical (unpaired) electrons. The van der Waals surface area contributed by atoms with Gasteiger partial charge < -0.3 is 9.66 Å². The van der Waals surface area contributed by atoms with E-state index in [9.17, 15) is 14.5 Å². The number of amides is 1. The number of hydrogen-bond donors (Lipinski definition) is 1. The molecule has 1 fully saturated rings. The molecule has 1 aliphatic rings. The number of hydrogen-bond acceptors (Lipinski definition) is 5. The van der Waals surface area contributed by atoms with Crippen LogP contribution in [0.2, 0.25) is 0 Å². The van der Waals surface area contributed by atoms with Crippen LogP contribution in [0.3, 0.4) is 0 Å². The molecule has 1 heterocycles. The molecule has 0 saturated carbocycles. The second-order valence-corrected chi connectivity index (χ2v) is 9.97. The SMILES string of the molecule is CCC1(CC)[S+]([O-])N(CO)C(=O)C1([PH2]=S)[PH2]=S. The average Bonchev–Trinajstić information content (AvgIpc) is 2.54. The van der Waals surface area contributed by atoms with Crippen molar-refractivity contribution in [2.75, 3.05) is 6.73 Å². The fraction of sp³-hybridized carbons (Fsp3) is 0.875. The second-order valence-electron chi connectivity index (χ2n) is 3.88. The smallest absolute Gasteiger partial charge is 0.287 e. The van der Waals surface area contributed by atoms with Crippen LogP contribution < -0.4 is 0 Å². The molecule has 0 aliphatic carbocycles. The molecule has 3 unspecified atom stereocenters. The monoisotopic (exact) mass is 333 g/mol. The summed E-state index contributed by atoms with van der Waals surface area (Å²) in [5.41, 5.74) is 0. The van der Waals surface area contributed by atoms with Crippen LogP contribution in [0.15, 0.2) is 0 Å². The highest BCUT2D eigenvalue weighted by Crippen LogP contribution is 2.58. The highest BCUT2D eigenvalue weighted by Gasteiger charge is 2.70. The number of carbonyl (C=O) groups excluding carboxylic acids is 1. The van der Waals surface area contributed by atoms with Gasteiger partial charge in [0.15, 0.2) is 16.4 Å². The average molecular weight is 333 g/mol. The van der Waals surface area contributed by atoms with Crippen LogP contribution in [0.25, 0.3) is 0 Å². The molecule has 0 aromatic carbocycles. The summed E-state index contributed by atoms with van der Waals surface area (Å²) < 4.78 is 12.9. The van der Waals surface area contributed by atoms with Crippen molar-refractivity contribution in [2.45, 2.75) is 36.3 Å². The Kier molecular flexibility index (Phi) is 5.68. The first kappa shape index (κ1) is 16.1. The molecular formula is C8H17NO3P2S3. The molecule has 1 aliphatic heterocycles. The standard InChI is InChI=1S/C8H17NO3P2S3/c1-3-7(4-2)8(13-15,14-16)6(11)9(5-10)17(7)12/h10H,3-5,13-14H2,1-2H3. The van der Waals surface area contributed by atoms with E-state index in [2.05, 4.69) is 0 Å². The minimum atomic E-state index is -1.51. The van der Waals surface area contributed by atoms with Crippen molar-refractivity contribution in [3.63, 3.8) is 0 Å². The van der Waals surface area contributed by atoms with Gasteiger partial charge in [-0.05, 0) is 27.6 Å². The van der Waals surface area contributed by atoms with Crippen molar-refractivity contribution in [2.24, 2.45) is 0 Å². The van der Waals surface area contributed by atoms with E-state index < -0.39 is 42.4 Å². The van der Waals surface area contributed by atoms with Crippen molar-refractivity contribution in [3.8, 4) is 0 Å². The normalized spacial score (nSPS) is 33.5. The molecule has 0 aromatic heterocycles. The maximum Gasteiger partial charge on any atom is 0.287 e. The van der Waals surface area contributed by atoms with Gasteiger partial charge in [-0.1, -0.05) is 13.8 Å². The van der Waals surface area contributed by atoms with Gasteiger partial charge >= 0.3 is 0 Å². The van der Waals surface area contributed by atoms with Gasteiger partial charge in [0.2, 0.25) is 0 Å². The van der Waals surface area contributed by atoms with Crippen LogP contribution in [-0.2, 0) is 39.8 Å². The Morgan fingerprint density at radius 1 is 1.41 bits per heavy atom. The van der Waals surface area contributed by atoms with E-state index in [1.165, 1.54) is 0 Å². The lowest BCUT2D eigenvalue weighted by atomic mass is 9.96. The van der Waals surface area contributed by atoms with E-state index in [1.54, 1.807) is 0 Å². The van der Waals surface area contributed by atoms with E-state index in [4.69, 9.17) is 23.6 Å². The minimum absolute atomic E-state index is 0.281. The van der Waals surface area contributed by atoms with Gasteiger partial charge in [-0.2, -0.15) is 0 Å². The number of aliphatic hydroxyl groups excluding tert-OH is 1. The summed E-state index contributed by atoms with van der Waals surface area (Å²) in [4.78, 5) is 11.6. The molecule has 1 saturated heterocycles. The van der Waals surface area contributed by atoms with Crippen molar-refractivity contribution >= 4 is 55.6 Å². The largest absolute Gasteiger partial charge is 0.592 e. The van der Waals surface area contributed by atoms with Crippen molar-refractivity contribution < 1.29 is 14.5 Å². The Morgan fingerprint density at radius 2 is 1.88 bits per heavy atom. The molecule has 1 N–H and O–H groups in total. The molecule has 3 atom stereocenters. The summed E-state index contributed by atoms with van der Waals surface area (Å²) >= 11 is 8.90. The highest BCUT2D eigenvalue weighted by molar-refractivity contribution is 8.08. The lowest BCUT2D eigenvalue weighted by molar-refractivity contribution is -0.128. The van der Waals surface area contributed by atoms with Gasteiger partial charge in [-0.15, -0.1) is 27.9 Å². The highest BCUT2D eigenvalue weighted by atomic mass is 32.4. The van der Waals surface area contributed by atoms with Gasteiger partial charge in [0.1, 0.15) is 0 Å². The van der Waals surface area contributed by atoms with Gasteiger partial charge in [0.05, 0.1) is 11.4 Å². The van der Waals surface area contributed by atoms with Crippen molar-refractivity contribution in [1.82, 2.24) is 4.31 Å². The van der Waals surface area contributed by atoms with Crippen molar-refractivity contribution in [1.29, 1.82) is 0 Å². The summed E-state index contributed by atoms with van der Waals surface area (Å²) in [6.07, 6.45) is 1.21. The minimum Gasteiger partial charge on any atom is -0.592 e. The van der Waals surface area contributed by atoms with E-state index in [1.807, 2.05) is 13.8 Å². The fourth-order valence-electron chi connectivity index (χ4n) is 2.37. The quantitative estimate of drug-likeness (QED) is 0.584. The lowest BCUT2D eigenvalue weighted by Crippen LogP contribution is -2.48. The summed E-state index contributed by atoms with van der Waals surface area (Å²) in [5.74, 6) is -0.281. The Morgan fingerprint density at radius 3 is 2.12 bits per heavy atom. The lowest BCUT2D eigenvalue weighted by Gasteiger charge is -2.35. The van der Waals surface area contributed by atoms with Crippen molar-refractivity contribution in [3.05, 3.63) is 0 Å². The van der Waals surface area contributed by atoms with Gasteiger partial charge in [0, 0.05) is 0 Å². The maximum absolute atomic E-state index is 12.5. The zero-order chi connectivity index (χ0) is 13.3. The first-order valence-electron chi connectivity index (χ1n) is 5.28. The molecule has 4 nitrogen and oxygen atoms in total. The Hall–Kier alpha value is 1.04. The number of carbonyl (C=O) groups is 1. The van der Waals surface area contributed by atoms with E-state index in [0.29, 0.717) is 12.8 Å². The molecule has 100 valence electrons. The van der Waals surface area contributed by atoms with Crippen LogP contribution in [0, 0.1) is 0 Å². The predicted octanol–water partition coefficient (Wildman–Crippen LogP) is 0.443. The second kappa shape index (κ2) is 6.00. The topological polar surface area (TPSA) is 63.6 Å². The fourth-order valence-corrected chi connectivity index (χ4v) is 11.6. The number of nitrogens with zero attached hydrogens (tertiary/aromatic N) is 1. The van der Waals surface area contributed by atoms with Crippen LogP contribution >= 0.6 is 14.7 Å². The third-order valence-corrected chi connectivity index (χ3v) is 13.2. The van der Waals surface area contributed by atoms with Crippen LogP contribution in [-0.4, -0.2) is 36.2 Å². The zero-order valence-corrected chi connectivity index (χ0v) is 14.5. The Labute approximate surface area is 117 Å². The first-order chi connectivity index (χ1) is 8.01. The maximum atomic E-state index is 12.5. The zero-order valence-electron chi connectivity index (χ0n) is 9.71. The summed E-state index contributed by atoms with van der Waals surface area (Å²) in [6.45, 7) is 3.32.